The van der Waals surface area contributed by atoms with Gasteiger partial charge in [0.25, 0.3) is 5.91 Å². The maximum atomic E-state index is 13.3. The quantitative estimate of drug-likeness (QED) is 0.426. The standard InChI is InChI=1S/C30H36N4O3/c1-21-9-10-26(29(35)31-3)27(18-21)24-7-4-8-25(19-24)37-17-5-6-22(2)30(36)34-16-15-33-20-28(34)23-11-13-32-14-12-23/h4,7-14,18-19,22,28,33H,5-6,15-17,20H2,1-3H3,(H,31,35). The van der Waals surface area contributed by atoms with Crippen LogP contribution in [0.1, 0.15) is 47.3 Å². The van der Waals surface area contributed by atoms with Crippen LogP contribution in [-0.4, -0.2) is 55.0 Å². The first-order chi connectivity index (χ1) is 18.0. The Balaban J connectivity index is 1.34. The van der Waals surface area contributed by atoms with Crippen LogP contribution >= 0.6 is 0 Å². The molecule has 1 saturated heterocycles. The van der Waals surface area contributed by atoms with E-state index in [1.54, 1.807) is 19.4 Å². The van der Waals surface area contributed by atoms with E-state index in [1.165, 1.54) is 0 Å². The minimum atomic E-state index is -0.115. The number of ether oxygens (including phenoxy) is 1. The largest absolute Gasteiger partial charge is 0.494 e. The van der Waals surface area contributed by atoms with Gasteiger partial charge in [-0.15, -0.1) is 0 Å². The zero-order chi connectivity index (χ0) is 26.2. The third-order valence-corrected chi connectivity index (χ3v) is 6.88. The van der Waals surface area contributed by atoms with E-state index in [-0.39, 0.29) is 23.8 Å². The molecule has 37 heavy (non-hydrogen) atoms. The zero-order valence-electron chi connectivity index (χ0n) is 21.9. The second kappa shape index (κ2) is 12.5. The number of carbonyl (C=O) groups is 2. The fourth-order valence-corrected chi connectivity index (χ4v) is 4.82. The monoisotopic (exact) mass is 500 g/mol. The third-order valence-electron chi connectivity index (χ3n) is 6.88. The molecule has 2 amide bonds. The lowest BCUT2D eigenvalue weighted by Gasteiger charge is -2.38. The fourth-order valence-electron chi connectivity index (χ4n) is 4.82. The molecule has 2 N–H and O–H groups in total. The Morgan fingerprint density at radius 1 is 1.16 bits per heavy atom. The van der Waals surface area contributed by atoms with Gasteiger partial charge in [-0.3, -0.25) is 14.6 Å². The van der Waals surface area contributed by atoms with Gasteiger partial charge in [0.05, 0.1) is 12.6 Å². The van der Waals surface area contributed by atoms with Crippen LogP contribution in [0.3, 0.4) is 0 Å². The average molecular weight is 501 g/mol. The second-order valence-electron chi connectivity index (χ2n) is 9.58. The molecule has 1 fully saturated rings. The molecule has 0 aliphatic carbocycles. The Hall–Kier alpha value is -3.71. The summed E-state index contributed by atoms with van der Waals surface area (Å²) in [5, 5.41) is 6.12. The van der Waals surface area contributed by atoms with Gasteiger partial charge in [0.1, 0.15) is 5.75 Å². The van der Waals surface area contributed by atoms with Crippen molar-refractivity contribution in [1.29, 1.82) is 0 Å². The molecule has 7 heteroatoms. The lowest BCUT2D eigenvalue weighted by molar-refractivity contribution is -0.138. The second-order valence-corrected chi connectivity index (χ2v) is 9.58. The molecular formula is C30H36N4O3. The molecule has 0 bridgehead atoms. The first-order valence-corrected chi connectivity index (χ1v) is 12.9. The van der Waals surface area contributed by atoms with Gasteiger partial charge < -0.3 is 20.3 Å². The number of pyridine rings is 1. The summed E-state index contributed by atoms with van der Waals surface area (Å²) in [5.41, 5.74) is 4.64. The number of amides is 2. The number of aryl methyl sites for hydroxylation is 1. The molecule has 4 rings (SSSR count). The number of piperazine rings is 1. The maximum Gasteiger partial charge on any atom is 0.251 e. The smallest absolute Gasteiger partial charge is 0.251 e. The summed E-state index contributed by atoms with van der Waals surface area (Å²) in [6.07, 6.45) is 5.09. The SMILES string of the molecule is CNC(=O)c1ccc(C)cc1-c1cccc(OCCCC(C)C(=O)N2CCNCC2c2ccncc2)c1. The minimum absolute atomic E-state index is 0.0343. The van der Waals surface area contributed by atoms with Crippen molar-refractivity contribution in [3.63, 3.8) is 0 Å². The summed E-state index contributed by atoms with van der Waals surface area (Å²) in [6, 6.07) is 17.6. The van der Waals surface area contributed by atoms with E-state index in [0.717, 1.165) is 53.9 Å². The normalized spacial score (nSPS) is 16.2. The number of nitrogens with zero attached hydrogens (tertiary/aromatic N) is 2. The summed E-state index contributed by atoms with van der Waals surface area (Å²) in [6.45, 7) is 6.81. The van der Waals surface area contributed by atoms with E-state index >= 15 is 0 Å². The molecule has 0 radical (unpaired) electrons. The van der Waals surface area contributed by atoms with Crippen LogP contribution in [0.2, 0.25) is 0 Å². The van der Waals surface area contributed by atoms with Crippen LogP contribution in [-0.2, 0) is 4.79 Å². The predicted molar refractivity (Wildman–Crippen MR) is 145 cm³/mol. The number of rotatable bonds is 9. The molecule has 7 nitrogen and oxygen atoms in total. The van der Waals surface area contributed by atoms with E-state index in [4.69, 9.17) is 4.74 Å². The van der Waals surface area contributed by atoms with Crippen molar-refractivity contribution in [2.24, 2.45) is 5.92 Å². The van der Waals surface area contributed by atoms with Crippen molar-refractivity contribution in [2.75, 3.05) is 33.3 Å². The van der Waals surface area contributed by atoms with E-state index in [0.29, 0.717) is 18.7 Å². The van der Waals surface area contributed by atoms with Gasteiger partial charge in [-0.25, -0.2) is 0 Å². The Morgan fingerprint density at radius 2 is 1.97 bits per heavy atom. The van der Waals surface area contributed by atoms with Crippen molar-refractivity contribution >= 4 is 11.8 Å². The number of benzene rings is 2. The Bertz CT molecular complexity index is 1210. The molecule has 1 aliphatic heterocycles. The molecule has 2 aromatic carbocycles. The lowest BCUT2D eigenvalue weighted by atomic mass is 9.97. The summed E-state index contributed by atoms with van der Waals surface area (Å²) < 4.78 is 6.05. The molecule has 3 aromatic rings. The van der Waals surface area contributed by atoms with Gasteiger partial charge in [0, 0.05) is 50.6 Å². The van der Waals surface area contributed by atoms with Gasteiger partial charge in [-0.1, -0.05) is 36.8 Å². The highest BCUT2D eigenvalue weighted by molar-refractivity contribution is 6.01. The number of hydrogen-bond donors (Lipinski definition) is 2. The average Bonchev–Trinajstić information content (AvgIpc) is 2.95. The van der Waals surface area contributed by atoms with Crippen LogP contribution in [0.15, 0.2) is 67.0 Å². The maximum absolute atomic E-state index is 13.3. The van der Waals surface area contributed by atoms with Crippen molar-refractivity contribution < 1.29 is 14.3 Å². The van der Waals surface area contributed by atoms with Crippen LogP contribution in [0.5, 0.6) is 5.75 Å². The van der Waals surface area contributed by atoms with Gasteiger partial charge in [0.2, 0.25) is 5.91 Å². The number of carbonyl (C=O) groups excluding carboxylic acids is 2. The topological polar surface area (TPSA) is 83.6 Å². The molecule has 1 aliphatic rings. The van der Waals surface area contributed by atoms with Crippen molar-refractivity contribution in [3.8, 4) is 16.9 Å². The first kappa shape index (κ1) is 26.4. The molecule has 0 spiro atoms. The number of nitrogens with one attached hydrogen (secondary N) is 2. The van der Waals surface area contributed by atoms with E-state index in [9.17, 15) is 9.59 Å². The van der Waals surface area contributed by atoms with Crippen LogP contribution in [0.4, 0.5) is 0 Å². The number of hydrogen-bond acceptors (Lipinski definition) is 5. The number of aromatic nitrogens is 1. The summed E-state index contributed by atoms with van der Waals surface area (Å²) in [5.74, 6) is 0.739. The van der Waals surface area contributed by atoms with E-state index < -0.39 is 0 Å². The van der Waals surface area contributed by atoms with Crippen LogP contribution < -0.4 is 15.4 Å². The Labute approximate surface area is 219 Å². The molecular weight excluding hydrogens is 464 g/mol. The summed E-state index contributed by atoms with van der Waals surface area (Å²) in [4.78, 5) is 31.8. The highest BCUT2D eigenvalue weighted by Gasteiger charge is 2.30. The molecule has 2 atom stereocenters. The molecule has 0 saturated carbocycles. The van der Waals surface area contributed by atoms with Crippen molar-refractivity contribution in [3.05, 3.63) is 83.7 Å². The Kier molecular flexibility index (Phi) is 8.90. The lowest BCUT2D eigenvalue weighted by Crippen LogP contribution is -2.50. The van der Waals surface area contributed by atoms with E-state index in [1.807, 2.05) is 73.3 Å². The Morgan fingerprint density at radius 3 is 2.76 bits per heavy atom. The van der Waals surface area contributed by atoms with Crippen molar-refractivity contribution in [2.45, 2.75) is 32.7 Å². The van der Waals surface area contributed by atoms with E-state index in [2.05, 4.69) is 15.6 Å². The molecule has 194 valence electrons. The van der Waals surface area contributed by atoms with Crippen LogP contribution in [0, 0.1) is 12.8 Å². The van der Waals surface area contributed by atoms with Gasteiger partial charge in [0.15, 0.2) is 0 Å². The fraction of sp³-hybridized carbons (Fsp3) is 0.367. The zero-order valence-corrected chi connectivity index (χ0v) is 21.9. The van der Waals surface area contributed by atoms with Gasteiger partial charge in [-0.05, 0) is 66.8 Å². The van der Waals surface area contributed by atoms with Crippen molar-refractivity contribution in [1.82, 2.24) is 20.5 Å². The van der Waals surface area contributed by atoms with Gasteiger partial charge in [-0.2, -0.15) is 0 Å². The molecule has 1 aromatic heterocycles. The molecule has 2 unspecified atom stereocenters. The molecule has 2 heterocycles. The first-order valence-electron chi connectivity index (χ1n) is 12.9. The summed E-state index contributed by atoms with van der Waals surface area (Å²) in [7, 11) is 1.64. The highest BCUT2D eigenvalue weighted by atomic mass is 16.5. The highest BCUT2D eigenvalue weighted by Crippen LogP contribution is 2.29. The predicted octanol–water partition coefficient (Wildman–Crippen LogP) is 4.38. The summed E-state index contributed by atoms with van der Waals surface area (Å²) >= 11 is 0. The third kappa shape index (κ3) is 6.54. The van der Waals surface area contributed by atoms with Gasteiger partial charge >= 0.3 is 0 Å². The van der Waals surface area contributed by atoms with Crippen LogP contribution in [0.25, 0.3) is 11.1 Å². The minimum Gasteiger partial charge on any atom is -0.494 e.